The highest BCUT2D eigenvalue weighted by Crippen LogP contribution is 2.25. The van der Waals surface area contributed by atoms with Crippen LogP contribution in [-0.4, -0.2) is 36.2 Å². The van der Waals surface area contributed by atoms with Gasteiger partial charge in [0.2, 0.25) is 5.91 Å². The van der Waals surface area contributed by atoms with Crippen molar-refractivity contribution in [3.05, 3.63) is 88.9 Å². The fourth-order valence-electron chi connectivity index (χ4n) is 3.25. The van der Waals surface area contributed by atoms with Crippen LogP contribution in [0, 0.1) is 0 Å². The first-order valence-electron chi connectivity index (χ1n) is 9.91. The van der Waals surface area contributed by atoms with E-state index < -0.39 is 0 Å². The van der Waals surface area contributed by atoms with Gasteiger partial charge >= 0.3 is 0 Å². The van der Waals surface area contributed by atoms with Crippen molar-refractivity contribution in [3.63, 3.8) is 0 Å². The number of thioether (sulfide) groups is 1. The molecule has 0 aliphatic heterocycles. The Balaban J connectivity index is 1.55. The second-order valence-corrected chi connectivity index (χ2v) is 8.69. The lowest BCUT2D eigenvalue weighted by atomic mass is 10.1. The van der Waals surface area contributed by atoms with Crippen molar-refractivity contribution >= 4 is 45.3 Å². The maximum atomic E-state index is 13.4. The van der Waals surface area contributed by atoms with Crippen LogP contribution < -0.4 is 10.9 Å². The molecule has 2 aromatic carbocycles. The van der Waals surface area contributed by atoms with Crippen molar-refractivity contribution in [2.45, 2.75) is 5.16 Å². The molecule has 162 valence electrons. The predicted molar refractivity (Wildman–Crippen MR) is 130 cm³/mol. The molecular formula is C23H16N6O2S2. The van der Waals surface area contributed by atoms with E-state index in [-0.39, 0.29) is 28.4 Å². The molecule has 5 rings (SSSR count). The van der Waals surface area contributed by atoms with Gasteiger partial charge in [-0.15, -0.1) is 11.3 Å². The zero-order valence-electron chi connectivity index (χ0n) is 17.1. The van der Waals surface area contributed by atoms with Crippen LogP contribution in [0.15, 0.2) is 88.5 Å². The van der Waals surface area contributed by atoms with E-state index in [0.29, 0.717) is 16.0 Å². The minimum Gasteiger partial charge on any atom is -0.301 e. The Hall–Kier alpha value is -3.89. The van der Waals surface area contributed by atoms with Gasteiger partial charge in [0.25, 0.3) is 5.56 Å². The van der Waals surface area contributed by atoms with Crippen molar-refractivity contribution in [1.82, 2.24) is 24.5 Å². The van der Waals surface area contributed by atoms with E-state index in [9.17, 15) is 9.59 Å². The van der Waals surface area contributed by atoms with Crippen LogP contribution in [0.1, 0.15) is 0 Å². The third-order valence-electron chi connectivity index (χ3n) is 4.70. The Labute approximate surface area is 196 Å². The number of nitrogens with zero attached hydrogens (tertiary/aromatic N) is 5. The summed E-state index contributed by atoms with van der Waals surface area (Å²) in [5.41, 5.74) is 2.67. The van der Waals surface area contributed by atoms with Gasteiger partial charge in [0.1, 0.15) is 0 Å². The summed E-state index contributed by atoms with van der Waals surface area (Å²) >= 11 is 2.49. The summed E-state index contributed by atoms with van der Waals surface area (Å²) in [6, 6.07) is 17.5. The van der Waals surface area contributed by atoms with Gasteiger partial charge in [-0.3, -0.25) is 14.2 Å². The highest BCUT2D eigenvalue weighted by atomic mass is 32.2. The van der Waals surface area contributed by atoms with E-state index in [1.165, 1.54) is 28.3 Å². The number of aromatic nitrogens is 5. The number of thiazole rings is 1. The van der Waals surface area contributed by atoms with E-state index in [1.54, 1.807) is 11.6 Å². The van der Waals surface area contributed by atoms with Gasteiger partial charge < -0.3 is 5.32 Å². The lowest BCUT2D eigenvalue weighted by molar-refractivity contribution is -0.113. The van der Waals surface area contributed by atoms with E-state index in [1.807, 2.05) is 54.6 Å². The number of rotatable bonds is 6. The average molecular weight is 473 g/mol. The number of amides is 1. The van der Waals surface area contributed by atoms with Gasteiger partial charge in [0, 0.05) is 24.0 Å². The molecule has 0 bridgehead atoms. The SMILES string of the molecule is O=C(CSc1nc2nccnc2c(=O)n1-c1cccc(-c2ccccc2)c1)Nc1nccs1. The lowest BCUT2D eigenvalue weighted by Crippen LogP contribution is -2.24. The van der Waals surface area contributed by atoms with Gasteiger partial charge in [0.05, 0.1) is 11.4 Å². The topological polar surface area (TPSA) is 103 Å². The monoisotopic (exact) mass is 472 g/mol. The Kier molecular flexibility index (Phi) is 5.92. The smallest absolute Gasteiger partial charge is 0.286 e. The first-order chi connectivity index (χ1) is 16.2. The molecule has 10 heteroatoms. The van der Waals surface area contributed by atoms with Crippen LogP contribution in [0.25, 0.3) is 28.0 Å². The molecule has 0 radical (unpaired) electrons. The summed E-state index contributed by atoms with van der Waals surface area (Å²) in [4.78, 5) is 42.8. The van der Waals surface area contributed by atoms with Gasteiger partial charge in [-0.25, -0.2) is 19.9 Å². The first kappa shape index (κ1) is 21.0. The number of nitrogens with one attached hydrogen (secondary N) is 1. The fourth-order valence-corrected chi connectivity index (χ4v) is 4.59. The predicted octanol–water partition coefficient (Wildman–Crippen LogP) is 4.03. The summed E-state index contributed by atoms with van der Waals surface area (Å²) < 4.78 is 1.48. The molecule has 3 aromatic heterocycles. The standard InChI is InChI=1S/C23H16N6O2S2/c30-18(27-22-26-11-12-32-22)14-33-23-28-20-19(24-9-10-25-20)21(31)29(23)17-8-4-7-16(13-17)15-5-2-1-3-6-15/h1-13H,14H2,(H,26,27,30). The van der Waals surface area contributed by atoms with Crippen LogP contribution >= 0.6 is 23.1 Å². The second-order valence-electron chi connectivity index (χ2n) is 6.85. The molecule has 0 spiro atoms. The number of hydrogen-bond acceptors (Lipinski definition) is 8. The van der Waals surface area contributed by atoms with Crippen LogP contribution in [-0.2, 0) is 4.79 Å². The van der Waals surface area contributed by atoms with Crippen LogP contribution in [0.2, 0.25) is 0 Å². The maximum absolute atomic E-state index is 13.4. The molecule has 0 aliphatic rings. The number of hydrogen-bond donors (Lipinski definition) is 1. The molecule has 5 aromatic rings. The molecule has 3 heterocycles. The Morgan fingerprint density at radius 3 is 2.61 bits per heavy atom. The lowest BCUT2D eigenvalue weighted by Gasteiger charge is -2.13. The summed E-state index contributed by atoms with van der Waals surface area (Å²) in [6.45, 7) is 0. The largest absolute Gasteiger partial charge is 0.301 e. The van der Waals surface area contributed by atoms with Gasteiger partial charge in [-0.1, -0.05) is 54.2 Å². The highest BCUT2D eigenvalue weighted by Gasteiger charge is 2.17. The Morgan fingerprint density at radius 2 is 1.79 bits per heavy atom. The normalized spacial score (nSPS) is 10.9. The molecule has 0 unspecified atom stereocenters. The van der Waals surface area contributed by atoms with Crippen molar-refractivity contribution in [2.75, 3.05) is 11.1 Å². The van der Waals surface area contributed by atoms with Crippen molar-refractivity contribution in [1.29, 1.82) is 0 Å². The minimum absolute atomic E-state index is 0.0518. The zero-order chi connectivity index (χ0) is 22.6. The second kappa shape index (κ2) is 9.31. The van der Waals surface area contributed by atoms with Crippen LogP contribution in [0.4, 0.5) is 5.13 Å². The quantitative estimate of drug-likeness (QED) is 0.294. The molecule has 0 saturated carbocycles. The fraction of sp³-hybridized carbons (Fsp3) is 0.0435. The summed E-state index contributed by atoms with van der Waals surface area (Å²) in [5.74, 6) is -0.191. The number of anilines is 1. The molecule has 0 aliphatic carbocycles. The van der Waals surface area contributed by atoms with Gasteiger partial charge in [0.15, 0.2) is 21.5 Å². The third kappa shape index (κ3) is 4.52. The molecule has 1 N–H and O–H groups in total. The molecule has 1 amide bonds. The number of carbonyl (C=O) groups excluding carboxylic acids is 1. The van der Waals surface area contributed by atoms with Gasteiger partial charge in [-0.05, 0) is 23.3 Å². The van der Waals surface area contributed by atoms with E-state index >= 15 is 0 Å². The average Bonchev–Trinajstić information content (AvgIpc) is 3.36. The van der Waals surface area contributed by atoms with E-state index in [0.717, 1.165) is 22.9 Å². The molecule has 8 nitrogen and oxygen atoms in total. The first-order valence-corrected chi connectivity index (χ1v) is 11.8. The number of carbonyl (C=O) groups is 1. The Bertz CT molecular complexity index is 1490. The van der Waals surface area contributed by atoms with E-state index in [2.05, 4.69) is 25.3 Å². The van der Waals surface area contributed by atoms with Crippen molar-refractivity contribution in [3.8, 4) is 16.8 Å². The summed E-state index contributed by atoms with van der Waals surface area (Å²) in [7, 11) is 0. The number of benzene rings is 2. The van der Waals surface area contributed by atoms with Crippen molar-refractivity contribution < 1.29 is 4.79 Å². The van der Waals surface area contributed by atoms with Crippen LogP contribution in [0.3, 0.4) is 0 Å². The molecule has 0 fully saturated rings. The maximum Gasteiger partial charge on any atom is 0.286 e. The minimum atomic E-state index is -0.346. The van der Waals surface area contributed by atoms with Crippen LogP contribution in [0.5, 0.6) is 0 Å². The molecule has 33 heavy (non-hydrogen) atoms. The van der Waals surface area contributed by atoms with Crippen molar-refractivity contribution in [2.24, 2.45) is 0 Å². The van der Waals surface area contributed by atoms with Gasteiger partial charge in [-0.2, -0.15) is 0 Å². The summed E-state index contributed by atoms with van der Waals surface area (Å²) in [6.07, 6.45) is 4.57. The highest BCUT2D eigenvalue weighted by molar-refractivity contribution is 7.99. The molecule has 0 atom stereocenters. The van der Waals surface area contributed by atoms with E-state index in [4.69, 9.17) is 0 Å². The third-order valence-corrected chi connectivity index (χ3v) is 6.33. The molecular weight excluding hydrogens is 456 g/mol. The molecule has 0 saturated heterocycles. The zero-order valence-corrected chi connectivity index (χ0v) is 18.7. The Morgan fingerprint density at radius 1 is 0.970 bits per heavy atom. The summed E-state index contributed by atoms with van der Waals surface area (Å²) in [5, 5.41) is 5.39. The number of fused-ring (bicyclic) bond motifs is 1.